The van der Waals surface area contributed by atoms with Crippen LogP contribution in [-0.4, -0.2) is 30.8 Å². The SMILES string of the molecule is CCOP(Oc1ccccc1)Oc1cc(C(=O)NCCCOc2ccc(C(C)(C)CC)cc2C(C)(C)CC)c(O)c2ccccc12. The smallest absolute Gasteiger partial charge is 0.463 e. The third kappa shape index (κ3) is 8.51. The molecule has 0 aliphatic carbocycles. The van der Waals surface area contributed by atoms with Gasteiger partial charge in [0.25, 0.3) is 5.91 Å². The number of carbonyl (C=O) groups excluding carboxylic acids is 1. The summed E-state index contributed by atoms with van der Waals surface area (Å²) >= 11 is 0. The van der Waals surface area contributed by atoms with E-state index in [-0.39, 0.29) is 22.1 Å². The minimum atomic E-state index is -1.82. The Morgan fingerprint density at radius 2 is 1.48 bits per heavy atom. The first-order valence-corrected chi connectivity index (χ1v) is 17.2. The van der Waals surface area contributed by atoms with Gasteiger partial charge in [0.15, 0.2) is 0 Å². The van der Waals surface area contributed by atoms with Gasteiger partial charge in [0.2, 0.25) is 0 Å². The number of phenols is 1. The minimum Gasteiger partial charge on any atom is -0.506 e. The topological polar surface area (TPSA) is 86.3 Å². The van der Waals surface area contributed by atoms with Crippen LogP contribution in [0.4, 0.5) is 0 Å². The van der Waals surface area contributed by atoms with Crippen LogP contribution in [0, 0.1) is 0 Å². The lowest BCUT2D eigenvalue weighted by Crippen LogP contribution is -2.26. The predicted octanol–water partition coefficient (Wildman–Crippen LogP) is 9.84. The minimum absolute atomic E-state index is 0.0363. The van der Waals surface area contributed by atoms with Crippen molar-refractivity contribution in [3.63, 3.8) is 0 Å². The number of amides is 1. The Morgan fingerprint density at radius 1 is 0.804 bits per heavy atom. The van der Waals surface area contributed by atoms with Crippen LogP contribution in [0.5, 0.6) is 23.0 Å². The van der Waals surface area contributed by atoms with Gasteiger partial charge in [-0.15, -0.1) is 0 Å². The van der Waals surface area contributed by atoms with Gasteiger partial charge in [0.05, 0.1) is 18.8 Å². The highest BCUT2D eigenvalue weighted by Crippen LogP contribution is 2.46. The third-order valence-electron chi connectivity index (χ3n) is 8.68. The second kappa shape index (κ2) is 15.7. The van der Waals surface area contributed by atoms with Gasteiger partial charge < -0.3 is 24.2 Å². The fraction of sp³-hybridized carbons (Fsp3) is 0.395. The molecule has 8 heteroatoms. The number of phenolic OH excluding ortho intramolecular Hbond substituents is 1. The van der Waals surface area contributed by atoms with Gasteiger partial charge >= 0.3 is 8.60 Å². The Kier molecular flexibility index (Phi) is 11.9. The zero-order valence-electron chi connectivity index (χ0n) is 28.2. The van der Waals surface area contributed by atoms with Crippen molar-refractivity contribution in [2.45, 2.75) is 78.6 Å². The van der Waals surface area contributed by atoms with Crippen LogP contribution in [0.2, 0.25) is 0 Å². The van der Waals surface area contributed by atoms with Crippen molar-refractivity contribution in [1.29, 1.82) is 0 Å². The van der Waals surface area contributed by atoms with Crippen molar-refractivity contribution in [2.24, 2.45) is 0 Å². The van der Waals surface area contributed by atoms with Crippen molar-refractivity contribution in [3.05, 3.63) is 95.6 Å². The molecule has 1 amide bonds. The van der Waals surface area contributed by atoms with Crippen LogP contribution in [0.15, 0.2) is 78.9 Å². The molecule has 4 aromatic carbocycles. The molecule has 0 aliphatic heterocycles. The van der Waals surface area contributed by atoms with E-state index in [2.05, 4.69) is 65.1 Å². The van der Waals surface area contributed by atoms with Crippen molar-refractivity contribution in [2.75, 3.05) is 19.8 Å². The molecule has 46 heavy (non-hydrogen) atoms. The van der Waals surface area contributed by atoms with Gasteiger partial charge in [-0.05, 0) is 66.8 Å². The second-order valence-electron chi connectivity index (χ2n) is 12.6. The molecule has 0 aliphatic rings. The lowest BCUT2D eigenvalue weighted by molar-refractivity contribution is 0.0948. The Balaban J connectivity index is 1.45. The number of fused-ring (bicyclic) bond motifs is 1. The average Bonchev–Trinajstić information content (AvgIpc) is 3.06. The molecule has 0 saturated carbocycles. The first kappa shape index (κ1) is 35.1. The van der Waals surface area contributed by atoms with Crippen LogP contribution in [0.3, 0.4) is 0 Å². The highest BCUT2D eigenvalue weighted by Gasteiger charge is 2.27. The fourth-order valence-electron chi connectivity index (χ4n) is 4.95. The summed E-state index contributed by atoms with van der Waals surface area (Å²) in [6.45, 7) is 16.5. The van der Waals surface area contributed by atoms with Crippen LogP contribution < -0.4 is 19.1 Å². The number of ether oxygens (including phenoxy) is 1. The number of hydrogen-bond acceptors (Lipinski definition) is 6. The number of nitrogens with one attached hydrogen (secondary N) is 1. The van der Waals surface area contributed by atoms with E-state index in [0.717, 1.165) is 18.6 Å². The molecule has 0 bridgehead atoms. The van der Waals surface area contributed by atoms with Crippen LogP contribution in [0.25, 0.3) is 10.8 Å². The molecule has 1 unspecified atom stereocenters. The van der Waals surface area contributed by atoms with Crippen molar-refractivity contribution < 1.29 is 28.2 Å². The first-order chi connectivity index (χ1) is 22.0. The summed E-state index contributed by atoms with van der Waals surface area (Å²) < 4.78 is 24.2. The largest absolute Gasteiger partial charge is 0.506 e. The summed E-state index contributed by atoms with van der Waals surface area (Å²) in [5.74, 6) is 1.36. The maximum absolute atomic E-state index is 13.4. The van der Waals surface area contributed by atoms with Crippen LogP contribution >= 0.6 is 8.60 Å². The van der Waals surface area contributed by atoms with Gasteiger partial charge in [0, 0.05) is 22.9 Å². The van der Waals surface area contributed by atoms with Crippen molar-refractivity contribution in [3.8, 4) is 23.0 Å². The molecule has 1 atom stereocenters. The van der Waals surface area contributed by atoms with Gasteiger partial charge in [-0.25, -0.2) is 0 Å². The predicted molar refractivity (Wildman–Crippen MR) is 187 cm³/mol. The van der Waals surface area contributed by atoms with E-state index in [0.29, 0.717) is 48.5 Å². The van der Waals surface area contributed by atoms with Gasteiger partial charge in [-0.1, -0.05) is 96.1 Å². The Bertz CT molecular complexity index is 1600. The standard InChI is InChI=1S/C38H48NO6P/c1-8-37(4,5)27-21-22-33(32(25-27)38(6,7)9-2)42-24-16-23-39-36(41)31-26-34(29-19-14-15-20-30(29)35(31)40)45-46(43-10-3)44-28-17-12-11-13-18-28/h11-15,17-22,25-26,40H,8-10,16,23-24H2,1-7H3,(H,39,41). The fourth-order valence-corrected chi connectivity index (χ4v) is 5.91. The molecular weight excluding hydrogens is 597 g/mol. The normalized spacial score (nSPS) is 12.5. The lowest BCUT2D eigenvalue weighted by atomic mass is 9.76. The Morgan fingerprint density at radius 3 is 2.15 bits per heavy atom. The average molecular weight is 646 g/mol. The highest BCUT2D eigenvalue weighted by atomic mass is 31.2. The number of aromatic hydroxyl groups is 1. The number of rotatable bonds is 16. The van der Waals surface area contributed by atoms with E-state index in [9.17, 15) is 9.90 Å². The summed E-state index contributed by atoms with van der Waals surface area (Å²) in [7, 11) is -1.82. The summed E-state index contributed by atoms with van der Waals surface area (Å²) in [6.07, 6.45) is 2.63. The number of hydrogen-bond donors (Lipinski definition) is 2. The maximum Gasteiger partial charge on any atom is 0.463 e. The van der Waals surface area contributed by atoms with Crippen LogP contribution in [0.1, 0.15) is 89.2 Å². The first-order valence-electron chi connectivity index (χ1n) is 16.2. The molecule has 7 nitrogen and oxygen atoms in total. The molecule has 0 saturated heterocycles. The van der Waals surface area contributed by atoms with E-state index >= 15 is 0 Å². The molecule has 4 rings (SSSR count). The molecule has 246 valence electrons. The van der Waals surface area contributed by atoms with Gasteiger partial charge in [-0.3, -0.25) is 9.32 Å². The molecule has 4 aromatic rings. The van der Waals surface area contributed by atoms with E-state index in [1.165, 1.54) is 11.1 Å². The van der Waals surface area contributed by atoms with E-state index < -0.39 is 14.5 Å². The highest BCUT2D eigenvalue weighted by molar-refractivity contribution is 7.42. The van der Waals surface area contributed by atoms with Gasteiger partial charge in [-0.2, -0.15) is 0 Å². The van der Waals surface area contributed by atoms with Crippen molar-refractivity contribution in [1.82, 2.24) is 5.32 Å². The monoisotopic (exact) mass is 645 g/mol. The summed E-state index contributed by atoms with van der Waals surface area (Å²) in [5.41, 5.74) is 2.67. The summed E-state index contributed by atoms with van der Waals surface area (Å²) in [6, 6.07) is 24.6. The van der Waals surface area contributed by atoms with E-state index in [1.807, 2.05) is 49.4 Å². The van der Waals surface area contributed by atoms with E-state index in [4.69, 9.17) is 18.3 Å². The summed E-state index contributed by atoms with van der Waals surface area (Å²) in [5, 5.41) is 15.2. The third-order valence-corrected chi connectivity index (χ3v) is 9.85. The molecule has 0 fully saturated rings. The number of benzene rings is 4. The van der Waals surface area contributed by atoms with E-state index in [1.54, 1.807) is 18.2 Å². The van der Waals surface area contributed by atoms with Crippen LogP contribution in [-0.2, 0) is 15.4 Å². The number of carbonyl (C=O) groups is 1. The molecule has 0 radical (unpaired) electrons. The quantitative estimate of drug-likeness (QED) is 0.0932. The van der Waals surface area contributed by atoms with Crippen molar-refractivity contribution >= 4 is 25.3 Å². The molecular formula is C38H48NO6P. The molecule has 2 N–H and O–H groups in total. The second-order valence-corrected chi connectivity index (χ2v) is 13.7. The summed E-state index contributed by atoms with van der Waals surface area (Å²) in [4.78, 5) is 13.4. The Labute approximate surface area is 275 Å². The lowest BCUT2D eigenvalue weighted by Gasteiger charge is -2.30. The molecule has 0 aromatic heterocycles. The zero-order valence-corrected chi connectivity index (χ0v) is 29.1. The molecule has 0 spiro atoms. The molecule has 0 heterocycles. The zero-order chi connectivity index (χ0) is 33.3. The van der Waals surface area contributed by atoms with Gasteiger partial charge in [0.1, 0.15) is 23.0 Å². The Hall–Kier alpha value is -3.80. The maximum atomic E-state index is 13.4. The number of para-hydroxylation sites is 1.